The Hall–Kier alpha value is -0.890. The maximum atomic E-state index is 6.01. The summed E-state index contributed by atoms with van der Waals surface area (Å²) in [6, 6.07) is 12.4. The summed E-state index contributed by atoms with van der Waals surface area (Å²) in [7, 11) is 0. The minimum atomic E-state index is 0.530. The third-order valence-corrected chi connectivity index (χ3v) is 2.78. The van der Waals surface area contributed by atoms with Gasteiger partial charge in [0.15, 0.2) is 0 Å². The molecule has 0 aromatic heterocycles. The van der Waals surface area contributed by atoms with E-state index in [9.17, 15) is 0 Å². The van der Waals surface area contributed by atoms with Crippen molar-refractivity contribution in [1.29, 1.82) is 0 Å². The Kier molecular flexibility index (Phi) is 3.59. The fourth-order valence-electron chi connectivity index (χ4n) is 1.23. The molecule has 0 unspecified atom stereocenters. The van der Waals surface area contributed by atoms with E-state index < -0.39 is 0 Å². The van der Waals surface area contributed by atoms with Gasteiger partial charge in [0.25, 0.3) is 0 Å². The van der Waals surface area contributed by atoms with Crippen LogP contribution in [0.5, 0.6) is 0 Å². The second-order valence-corrected chi connectivity index (χ2v) is 4.46. The Morgan fingerprint density at radius 1 is 0.750 bits per heavy atom. The van der Waals surface area contributed by atoms with Gasteiger partial charge in [-0.15, -0.1) is 0 Å². The number of hydrogen-bond donors (Lipinski definition) is 0. The Morgan fingerprint density at radius 2 is 1.38 bits per heavy atom. The molecule has 0 spiro atoms. The van der Waals surface area contributed by atoms with Gasteiger partial charge in [-0.3, -0.25) is 0 Å². The molecule has 0 amide bonds. The minimum absolute atomic E-state index is 0.530. The van der Waals surface area contributed by atoms with Gasteiger partial charge < -0.3 is 0 Å². The summed E-state index contributed by atoms with van der Waals surface area (Å²) in [6.45, 7) is 0. The zero-order chi connectivity index (χ0) is 11.5. The first-order valence-electron chi connectivity index (χ1n) is 4.57. The highest BCUT2D eigenvalue weighted by Crippen LogP contribution is 2.28. The van der Waals surface area contributed by atoms with Crippen molar-refractivity contribution in [3.05, 3.63) is 57.5 Å². The Bertz CT molecular complexity index is 494. The van der Waals surface area contributed by atoms with Gasteiger partial charge >= 0.3 is 0 Å². The molecule has 2 aromatic carbocycles. The molecule has 0 aliphatic carbocycles. The summed E-state index contributed by atoms with van der Waals surface area (Å²) >= 11 is 17.6. The minimum Gasteiger partial charge on any atom is -0.247 e. The number of rotatable bonds is 2. The average Bonchev–Trinajstić information content (AvgIpc) is 2.25. The molecule has 2 rings (SSSR count). The molecule has 0 N–H and O–H groups in total. The van der Waals surface area contributed by atoms with Crippen molar-refractivity contribution >= 4 is 46.2 Å². The summed E-state index contributed by atoms with van der Waals surface area (Å²) in [5.74, 6) is 0. The fraction of sp³-hybridized carbons (Fsp3) is 0. The summed E-state index contributed by atoms with van der Waals surface area (Å²) in [5, 5.41) is 6.18. The van der Waals surface area contributed by atoms with E-state index in [-0.39, 0.29) is 0 Å². The molecule has 1 nitrogen and oxygen atoms in total. The SMILES string of the molecule is Clc1ccc([N]c2ccc(Cl)cc2Cl)cc1. The van der Waals surface area contributed by atoms with Gasteiger partial charge in [-0.05, 0) is 42.5 Å². The smallest absolute Gasteiger partial charge is 0.0824 e. The zero-order valence-electron chi connectivity index (χ0n) is 8.12. The summed E-state index contributed by atoms with van der Waals surface area (Å²) in [5.41, 5.74) is 1.49. The van der Waals surface area contributed by atoms with Crippen molar-refractivity contribution < 1.29 is 0 Å². The van der Waals surface area contributed by atoms with Crippen molar-refractivity contribution in [3.63, 3.8) is 0 Å². The molecule has 0 atom stereocenters. The van der Waals surface area contributed by atoms with Crippen molar-refractivity contribution in [1.82, 2.24) is 5.32 Å². The highest BCUT2D eigenvalue weighted by Gasteiger charge is 2.03. The van der Waals surface area contributed by atoms with Crippen LogP contribution in [-0.2, 0) is 0 Å². The predicted molar refractivity (Wildman–Crippen MR) is 69.4 cm³/mol. The lowest BCUT2D eigenvalue weighted by molar-refractivity contribution is 1.19. The van der Waals surface area contributed by atoms with E-state index in [1.807, 2.05) is 12.1 Å². The molecule has 4 heteroatoms. The van der Waals surface area contributed by atoms with Crippen molar-refractivity contribution in [3.8, 4) is 0 Å². The summed E-state index contributed by atoms with van der Waals surface area (Å²) in [6.07, 6.45) is 0. The van der Waals surface area contributed by atoms with Gasteiger partial charge in [0.05, 0.1) is 16.4 Å². The van der Waals surface area contributed by atoms with E-state index in [2.05, 4.69) is 5.32 Å². The number of benzene rings is 2. The van der Waals surface area contributed by atoms with Crippen LogP contribution >= 0.6 is 34.8 Å². The maximum absolute atomic E-state index is 6.01. The van der Waals surface area contributed by atoms with Gasteiger partial charge in [0.1, 0.15) is 0 Å². The molecule has 0 aliphatic heterocycles. The molecule has 0 fully saturated rings. The molecule has 0 bridgehead atoms. The Morgan fingerprint density at radius 3 is 2.00 bits per heavy atom. The first kappa shape index (κ1) is 11.6. The lowest BCUT2D eigenvalue weighted by atomic mass is 10.2. The Labute approximate surface area is 109 Å². The number of hydrogen-bond acceptors (Lipinski definition) is 0. The van der Waals surface area contributed by atoms with Crippen LogP contribution in [0.1, 0.15) is 0 Å². The predicted octanol–water partition coefficient (Wildman–Crippen LogP) is 5.21. The lowest BCUT2D eigenvalue weighted by Gasteiger charge is -2.05. The first-order valence-corrected chi connectivity index (χ1v) is 5.71. The number of halogens is 3. The molecule has 81 valence electrons. The van der Waals surface area contributed by atoms with E-state index in [1.165, 1.54) is 0 Å². The van der Waals surface area contributed by atoms with Crippen LogP contribution in [0.3, 0.4) is 0 Å². The summed E-state index contributed by atoms with van der Waals surface area (Å²) < 4.78 is 0. The third kappa shape index (κ3) is 2.82. The molecule has 0 saturated heterocycles. The van der Waals surface area contributed by atoms with Crippen molar-refractivity contribution in [2.75, 3.05) is 0 Å². The van der Waals surface area contributed by atoms with Gasteiger partial charge in [-0.2, -0.15) is 0 Å². The normalized spacial score (nSPS) is 10.2. The molecule has 0 saturated carbocycles. The quantitative estimate of drug-likeness (QED) is 0.711. The molecule has 0 aliphatic rings. The standard InChI is InChI=1S/C12H7Cl3N/c13-8-1-4-10(5-2-8)16-12-6-3-9(14)7-11(12)15/h1-7H. The van der Waals surface area contributed by atoms with Gasteiger partial charge in [-0.1, -0.05) is 34.8 Å². The largest absolute Gasteiger partial charge is 0.247 e. The van der Waals surface area contributed by atoms with Gasteiger partial charge in [0, 0.05) is 10.0 Å². The van der Waals surface area contributed by atoms with E-state index in [0.717, 1.165) is 5.69 Å². The van der Waals surface area contributed by atoms with E-state index in [1.54, 1.807) is 30.3 Å². The van der Waals surface area contributed by atoms with Crippen LogP contribution in [0, 0.1) is 0 Å². The number of nitrogens with zero attached hydrogens (tertiary/aromatic N) is 1. The zero-order valence-corrected chi connectivity index (χ0v) is 10.4. The molecular formula is C12H7Cl3N. The second kappa shape index (κ2) is 4.96. The highest BCUT2D eigenvalue weighted by molar-refractivity contribution is 6.36. The molecular weight excluding hydrogens is 264 g/mol. The third-order valence-electron chi connectivity index (χ3n) is 1.99. The lowest BCUT2D eigenvalue weighted by Crippen LogP contribution is -1.89. The van der Waals surface area contributed by atoms with Gasteiger partial charge in [0.2, 0.25) is 0 Å². The molecule has 1 radical (unpaired) electrons. The fourth-order valence-corrected chi connectivity index (χ4v) is 1.80. The molecule has 16 heavy (non-hydrogen) atoms. The monoisotopic (exact) mass is 270 g/mol. The molecule has 0 heterocycles. The van der Waals surface area contributed by atoms with Crippen molar-refractivity contribution in [2.45, 2.75) is 0 Å². The van der Waals surface area contributed by atoms with Crippen molar-refractivity contribution in [2.24, 2.45) is 0 Å². The van der Waals surface area contributed by atoms with E-state index in [0.29, 0.717) is 20.8 Å². The summed E-state index contributed by atoms with van der Waals surface area (Å²) in [4.78, 5) is 0. The Balaban J connectivity index is 2.23. The van der Waals surface area contributed by atoms with E-state index in [4.69, 9.17) is 34.8 Å². The average molecular weight is 272 g/mol. The first-order chi connectivity index (χ1) is 7.65. The molecule has 2 aromatic rings. The second-order valence-electron chi connectivity index (χ2n) is 3.18. The highest BCUT2D eigenvalue weighted by atomic mass is 35.5. The van der Waals surface area contributed by atoms with Crippen LogP contribution in [0.25, 0.3) is 0 Å². The topological polar surface area (TPSA) is 14.1 Å². The van der Waals surface area contributed by atoms with Crippen LogP contribution in [0.15, 0.2) is 42.5 Å². The van der Waals surface area contributed by atoms with E-state index >= 15 is 0 Å². The maximum Gasteiger partial charge on any atom is 0.0824 e. The van der Waals surface area contributed by atoms with Crippen LogP contribution in [-0.4, -0.2) is 0 Å². The van der Waals surface area contributed by atoms with Gasteiger partial charge in [-0.25, -0.2) is 5.32 Å². The van der Waals surface area contributed by atoms with Crippen LogP contribution < -0.4 is 5.32 Å². The van der Waals surface area contributed by atoms with Crippen LogP contribution in [0.2, 0.25) is 15.1 Å². The van der Waals surface area contributed by atoms with Crippen LogP contribution in [0.4, 0.5) is 11.4 Å².